The van der Waals surface area contributed by atoms with Crippen LogP contribution in [0.4, 0.5) is 11.4 Å². The van der Waals surface area contributed by atoms with Crippen LogP contribution < -0.4 is 5.32 Å². The van der Waals surface area contributed by atoms with Gasteiger partial charge in [0.05, 0.1) is 9.95 Å². The van der Waals surface area contributed by atoms with Gasteiger partial charge in [0.2, 0.25) is 0 Å². The van der Waals surface area contributed by atoms with Gasteiger partial charge in [0, 0.05) is 19.2 Å². The van der Waals surface area contributed by atoms with Gasteiger partial charge in [0.25, 0.3) is 5.69 Å². The molecule has 0 amide bonds. The zero-order valence-corrected chi connectivity index (χ0v) is 9.41. The lowest BCUT2D eigenvalue weighted by Crippen LogP contribution is -2.05. The van der Waals surface area contributed by atoms with Gasteiger partial charge in [-0.2, -0.15) is 0 Å². The van der Waals surface area contributed by atoms with Crippen molar-refractivity contribution in [1.82, 2.24) is 0 Å². The van der Waals surface area contributed by atoms with Gasteiger partial charge in [0.1, 0.15) is 5.69 Å². The number of hydrogen-bond acceptors (Lipinski definition) is 4. The average molecular weight is 245 g/mol. The zero-order chi connectivity index (χ0) is 12.0. The molecule has 0 saturated carbocycles. The summed E-state index contributed by atoms with van der Waals surface area (Å²) in [4.78, 5) is 10.3. The molecule has 0 spiro atoms. The van der Waals surface area contributed by atoms with Crippen LogP contribution in [-0.2, 0) is 0 Å². The minimum atomic E-state index is -0.472. The summed E-state index contributed by atoms with van der Waals surface area (Å²) in [6.45, 7) is 0.664. The van der Waals surface area contributed by atoms with E-state index in [2.05, 4.69) is 5.32 Å². The maximum Gasteiger partial charge on any atom is 0.293 e. The first kappa shape index (κ1) is 12.7. The summed E-state index contributed by atoms with van der Waals surface area (Å²) in [7, 11) is 0. The van der Waals surface area contributed by atoms with E-state index >= 15 is 0 Å². The maximum absolute atomic E-state index is 10.7. The van der Waals surface area contributed by atoms with Gasteiger partial charge in [-0.05, 0) is 18.9 Å². The molecule has 1 aromatic rings. The fourth-order valence-corrected chi connectivity index (χ4v) is 1.53. The summed E-state index contributed by atoms with van der Waals surface area (Å²) in [5.41, 5.74) is 0.309. The van der Waals surface area contributed by atoms with Gasteiger partial charge in [-0.1, -0.05) is 17.7 Å². The monoisotopic (exact) mass is 244 g/mol. The van der Waals surface area contributed by atoms with Crippen molar-refractivity contribution >= 4 is 23.0 Å². The number of hydrogen-bond donors (Lipinski definition) is 2. The lowest BCUT2D eigenvalue weighted by atomic mass is 10.2. The molecule has 1 rings (SSSR count). The summed E-state index contributed by atoms with van der Waals surface area (Å²) in [5, 5.41) is 22.6. The fourth-order valence-electron chi connectivity index (χ4n) is 1.29. The summed E-state index contributed by atoms with van der Waals surface area (Å²) in [6, 6.07) is 4.54. The minimum absolute atomic E-state index is 0.0310. The molecule has 16 heavy (non-hydrogen) atoms. The van der Waals surface area contributed by atoms with Gasteiger partial charge >= 0.3 is 0 Å². The highest BCUT2D eigenvalue weighted by Crippen LogP contribution is 2.31. The van der Waals surface area contributed by atoms with Crippen LogP contribution in [-0.4, -0.2) is 23.2 Å². The molecule has 0 saturated heterocycles. The molecule has 88 valence electrons. The molecular weight excluding hydrogens is 232 g/mol. The lowest BCUT2D eigenvalue weighted by Gasteiger charge is -2.08. The van der Waals surface area contributed by atoms with Crippen LogP contribution in [0, 0.1) is 10.1 Å². The predicted octanol–water partition coefficient (Wildman–Crippen LogP) is 2.43. The highest BCUT2D eigenvalue weighted by atomic mass is 35.5. The van der Waals surface area contributed by atoms with Crippen molar-refractivity contribution in [1.29, 1.82) is 0 Å². The van der Waals surface area contributed by atoms with Crippen molar-refractivity contribution in [3.05, 3.63) is 33.3 Å². The summed E-state index contributed by atoms with van der Waals surface area (Å²) in [5.74, 6) is 0. The number of para-hydroxylation sites is 1. The van der Waals surface area contributed by atoms with Crippen molar-refractivity contribution in [3.63, 3.8) is 0 Å². The number of unbranched alkanes of at least 4 members (excludes halogenated alkanes) is 1. The summed E-state index contributed by atoms with van der Waals surface area (Å²) < 4.78 is 0. The Bertz CT molecular complexity index is 371. The van der Waals surface area contributed by atoms with Gasteiger partial charge in [0.15, 0.2) is 0 Å². The minimum Gasteiger partial charge on any atom is -0.396 e. The van der Waals surface area contributed by atoms with Crippen LogP contribution in [0.2, 0.25) is 5.02 Å². The van der Waals surface area contributed by atoms with Crippen LogP contribution in [0.5, 0.6) is 0 Å². The Morgan fingerprint density at radius 3 is 2.81 bits per heavy atom. The first-order valence-electron chi connectivity index (χ1n) is 4.94. The molecule has 0 heterocycles. The number of rotatable bonds is 6. The molecule has 0 radical (unpaired) electrons. The molecule has 0 unspecified atom stereocenters. The Kier molecular flexibility index (Phi) is 5.01. The number of benzene rings is 1. The molecule has 1 aromatic carbocycles. The average Bonchev–Trinajstić information content (AvgIpc) is 2.25. The van der Waals surface area contributed by atoms with Crippen LogP contribution in [0.15, 0.2) is 18.2 Å². The molecule has 0 aliphatic carbocycles. The molecule has 0 aliphatic rings. The zero-order valence-electron chi connectivity index (χ0n) is 8.65. The third-order valence-corrected chi connectivity index (χ3v) is 2.39. The van der Waals surface area contributed by atoms with Crippen molar-refractivity contribution in [2.75, 3.05) is 18.5 Å². The Balaban J connectivity index is 2.73. The van der Waals surface area contributed by atoms with Crippen LogP contribution >= 0.6 is 11.6 Å². The third kappa shape index (κ3) is 3.36. The Morgan fingerprint density at radius 1 is 1.44 bits per heavy atom. The number of anilines is 1. The Hall–Kier alpha value is -1.33. The molecular formula is C10H13ClN2O3. The SMILES string of the molecule is O=[N+]([O-])c1cccc(Cl)c1NCCCCO. The number of halogens is 1. The van der Waals surface area contributed by atoms with Gasteiger partial charge < -0.3 is 10.4 Å². The van der Waals surface area contributed by atoms with E-state index < -0.39 is 4.92 Å². The van der Waals surface area contributed by atoms with E-state index in [4.69, 9.17) is 16.7 Å². The second kappa shape index (κ2) is 6.30. The van der Waals surface area contributed by atoms with E-state index in [9.17, 15) is 10.1 Å². The number of nitrogens with zero attached hydrogens (tertiary/aromatic N) is 1. The second-order valence-electron chi connectivity index (χ2n) is 3.25. The first-order chi connectivity index (χ1) is 7.66. The molecule has 0 atom stereocenters. The summed E-state index contributed by atoms with van der Waals surface area (Å²) >= 11 is 5.87. The molecule has 6 heteroatoms. The largest absolute Gasteiger partial charge is 0.396 e. The van der Waals surface area contributed by atoms with Crippen LogP contribution in [0.25, 0.3) is 0 Å². The molecule has 0 fully saturated rings. The quantitative estimate of drug-likeness (QED) is 0.458. The van der Waals surface area contributed by atoms with Crippen LogP contribution in [0.3, 0.4) is 0 Å². The molecule has 0 bridgehead atoms. The van der Waals surface area contributed by atoms with E-state index in [0.717, 1.165) is 6.42 Å². The number of nitro groups is 1. The van der Waals surface area contributed by atoms with E-state index in [-0.39, 0.29) is 12.3 Å². The molecule has 0 aromatic heterocycles. The van der Waals surface area contributed by atoms with Crippen LogP contribution in [0.1, 0.15) is 12.8 Å². The topological polar surface area (TPSA) is 75.4 Å². The first-order valence-corrected chi connectivity index (χ1v) is 5.32. The number of aliphatic hydroxyl groups is 1. The van der Waals surface area contributed by atoms with E-state index in [1.807, 2.05) is 0 Å². The van der Waals surface area contributed by atoms with Crippen molar-refractivity contribution in [2.45, 2.75) is 12.8 Å². The van der Waals surface area contributed by atoms with Crippen molar-refractivity contribution in [2.24, 2.45) is 0 Å². The number of nitro benzene ring substituents is 1. The van der Waals surface area contributed by atoms with E-state index in [1.54, 1.807) is 12.1 Å². The van der Waals surface area contributed by atoms with Gasteiger partial charge in [-0.25, -0.2) is 0 Å². The highest BCUT2D eigenvalue weighted by Gasteiger charge is 2.15. The normalized spacial score (nSPS) is 10.1. The maximum atomic E-state index is 10.7. The highest BCUT2D eigenvalue weighted by molar-refractivity contribution is 6.33. The van der Waals surface area contributed by atoms with Gasteiger partial charge in [-0.3, -0.25) is 10.1 Å². The second-order valence-corrected chi connectivity index (χ2v) is 3.66. The van der Waals surface area contributed by atoms with Crippen molar-refractivity contribution in [3.8, 4) is 0 Å². The smallest absolute Gasteiger partial charge is 0.293 e. The molecule has 2 N–H and O–H groups in total. The van der Waals surface area contributed by atoms with E-state index in [0.29, 0.717) is 23.7 Å². The molecule has 5 nitrogen and oxygen atoms in total. The Labute approximate surface area is 98.2 Å². The predicted molar refractivity (Wildman–Crippen MR) is 62.9 cm³/mol. The number of aliphatic hydroxyl groups excluding tert-OH is 1. The lowest BCUT2D eigenvalue weighted by molar-refractivity contribution is -0.383. The standard InChI is InChI=1S/C10H13ClN2O3/c11-8-4-3-5-9(13(15)16)10(8)12-6-1-2-7-14/h3-5,12,14H,1-2,6-7H2. The van der Waals surface area contributed by atoms with Gasteiger partial charge in [-0.15, -0.1) is 0 Å². The van der Waals surface area contributed by atoms with E-state index in [1.165, 1.54) is 6.07 Å². The third-order valence-electron chi connectivity index (χ3n) is 2.07. The summed E-state index contributed by atoms with van der Waals surface area (Å²) in [6.07, 6.45) is 1.39. The molecule has 0 aliphatic heterocycles. The van der Waals surface area contributed by atoms with Crippen molar-refractivity contribution < 1.29 is 10.0 Å². The fraction of sp³-hybridized carbons (Fsp3) is 0.400. The number of nitrogens with one attached hydrogen (secondary N) is 1. The Morgan fingerprint density at radius 2 is 2.19 bits per heavy atom.